The van der Waals surface area contributed by atoms with E-state index in [-0.39, 0.29) is 31.2 Å². The Balaban J connectivity index is 2.18. The van der Waals surface area contributed by atoms with Gasteiger partial charge in [-0.3, -0.25) is 34.0 Å². The Kier molecular flexibility index (Phi) is 12.9. The first-order valence-electron chi connectivity index (χ1n) is 12.1. The number of nitrogens with two attached hydrogens (primary N) is 1. The predicted molar refractivity (Wildman–Crippen MR) is 133 cm³/mol. The van der Waals surface area contributed by atoms with Crippen molar-refractivity contribution in [3.8, 4) is 0 Å². The summed E-state index contributed by atoms with van der Waals surface area (Å²) in [6.07, 6.45) is 0. The Morgan fingerprint density at radius 2 is 1.27 bits per heavy atom. The SMILES string of the molecule is NCCNC(=O)CN1CCN(CC(=O)O)CCN(Cc2cccc(C(=O)O)n2)CCN(CC(=O)O)CC1. The average Bonchev–Trinajstić information content (AvgIpc) is 2.83. The van der Waals surface area contributed by atoms with Gasteiger partial charge in [-0.25, -0.2) is 9.78 Å². The molecule has 1 fully saturated rings. The highest BCUT2D eigenvalue weighted by molar-refractivity contribution is 5.85. The molecule has 2 heterocycles. The zero-order chi connectivity index (χ0) is 27.2. The minimum atomic E-state index is -1.13. The number of carbonyl (C=O) groups is 4. The van der Waals surface area contributed by atoms with E-state index < -0.39 is 17.9 Å². The van der Waals surface area contributed by atoms with E-state index >= 15 is 0 Å². The Morgan fingerprint density at radius 3 is 1.73 bits per heavy atom. The smallest absolute Gasteiger partial charge is 0.354 e. The lowest BCUT2D eigenvalue weighted by atomic mass is 10.2. The lowest BCUT2D eigenvalue weighted by Crippen LogP contribution is -2.49. The molecule has 14 heteroatoms. The Bertz CT molecular complexity index is 885. The van der Waals surface area contributed by atoms with E-state index in [2.05, 4.69) is 10.3 Å². The summed E-state index contributed by atoms with van der Waals surface area (Å²) in [7, 11) is 0. The molecule has 14 nitrogen and oxygen atoms in total. The third-order valence-corrected chi connectivity index (χ3v) is 5.89. The van der Waals surface area contributed by atoms with E-state index in [1.165, 1.54) is 6.07 Å². The molecule has 1 aromatic heterocycles. The number of hydrogen-bond acceptors (Lipinski definition) is 10. The van der Waals surface area contributed by atoms with Crippen LogP contribution < -0.4 is 11.1 Å². The van der Waals surface area contributed by atoms with Crippen molar-refractivity contribution in [3.63, 3.8) is 0 Å². The molecule has 206 valence electrons. The Labute approximate surface area is 215 Å². The summed E-state index contributed by atoms with van der Waals surface area (Å²) in [6.45, 7) is 4.15. The highest BCUT2D eigenvalue weighted by atomic mass is 16.4. The topological polar surface area (TPSA) is 193 Å². The van der Waals surface area contributed by atoms with Gasteiger partial charge in [0.2, 0.25) is 5.91 Å². The lowest BCUT2D eigenvalue weighted by molar-refractivity contribution is -0.139. The number of nitrogens with zero attached hydrogens (tertiary/aromatic N) is 5. The molecule has 1 amide bonds. The Morgan fingerprint density at radius 1 is 0.784 bits per heavy atom. The maximum Gasteiger partial charge on any atom is 0.354 e. The summed E-state index contributed by atoms with van der Waals surface area (Å²) < 4.78 is 0. The number of hydrogen-bond donors (Lipinski definition) is 5. The largest absolute Gasteiger partial charge is 0.480 e. The molecule has 6 N–H and O–H groups in total. The summed E-state index contributed by atoms with van der Waals surface area (Å²) in [6, 6.07) is 4.75. The van der Waals surface area contributed by atoms with Crippen molar-refractivity contribution in [2.45, 2.75) is 6.54 Å². The molecule has 0 radical (unpaired) electrons. The first kappa shape index (κ1) is 30.1. The van der Waals surface area contributed by atoms with Crippen LogP contribution >= 0.6 is 0 Å². The number of aliphatic carboxylic acids is 2. The fourth-order valence-corrected chi connectivity index (χ4v) is 3.98. The van der Waals surface area contributed by atoms with Crippen LogP contribution in [0.25, 0.3) is 0 Å². The maximum atomic E-state index is 12.3. The number of carbonyl (C=O) groups excluding carboxylic acids is 1. The molecule has 1 aliphatic heterocycles. The molecular weight excluding hydrogens is 486 g/mol. The summed E-state index contributed by atoms with van der Waals surface area (Å²) in [5.74, 6) is -3.25. The molecule has 0 saturated carbocycles. The number of aromatic nitrogens is 1. The molecule has 0 atom stereocenters. The second-order valence-corrected chi connectivity index (χ2v) is 8.85. The lowest BCUT2D eigenvalue weighted by Gasteiger charge is -2.33. The highest BCUT2D eigenvalue weighted by Crippen LogP contribution is 2.07. The number of amides is 1. The molecule has 2 rings (SSSR count). The monoisotopic (exact) mass is 523 g/mol. The molecule has 0 spiro atoms. The normalized spacial score (nSPS) is 17.4. The van der Waals surface area contributed by atoms with E-state index in [4.69, 9.17) is 5.73 Å². The van der Waals surface area contributed by atoms with Gasteiger partial charge in [0.15, 0.2) is 0 Å². The second kappa shape index (κ2) is 15.8. The number of carboxylic acids is 3. The van der Waals surface area contributed by atoms with Crippen LogP contribution in [-0.2, 0) is 20.9 Å². The summed E-state index contributed by atoms with van der Waals surface area (Å²) >= 11 is 0. The molecule has 1 aliphatic rings. The molecule has 37 heavy (non-hydrogen) atoms. The first-order chi connectivity index (χ1) is 17.7. The summed E-state index contributed by atoms with van der Waals surface area (Å²) in [5, 5.41) is 30.8. The van der Waals surface area contributed by atoms with Crippen molar-refractivity contribution < 1.29 is 34.5 Å². The van der Waals surface area contributed by atoms with Crippen LogP contribution in [0.1, 0.15) is 16.2 Å². The van der Waals surface area contributed by atoms with Crippen molar-refractivity contribution in [1.82, 2.24) is 29.9 Å². The van der Waals surface area contributed by atoms with Crippen LogP contribution in [0.4, 0.5) is 0 Å². The third kappa shape index (κ3) is 12.1. The number of aromatic carboxylic acids is 1. The summed E-state index contributed by atoms with van der Waals surface area (Å²) in [5.41, 5.74) is 5.93. The van der Waals surface area contributed by atoms with E-state index in [1.54, 1.807) is 21.9 Å². The van der Waals surface area contributed by atoms with Crippen molar-refractivity contribution >= 4 is 23.8 Å². The van der Waals surface area contributed by atoms with Gasteiger partial charge < -0.3 is 26.4 Å². The zero-order valence-electron chi connectivity index (χ0n) is 20.9. The van der Waals surface area contributed by atoms with Gasteiger partial charge in [0, 0.05) is 72.0 Å². The first-order valence-corrected chi connectivity index (χ1v) is 12.1. The quantitative estimate of drug-likeness (QED) is 0.209. The van der Waals surface area contributed by atoms with Gasteiger partial charge in [0.25, 0.3) is 0 Å². The van der Waals surface area contributed by atoms with Crippen molar-refractivity contribution in [2.75, 3.05) is 85.1 Å². The van der Waals surface area contributed by atoms with Gasteiger partial charge >= 0.3 is 17.9 Å². The van der Waals surface area contributed by atoms with Crippen LogP contribution in [0.15, 0.2) is 18.2 Å². The van der Waals surface area contributed by atoms with Crippen LogP contribution in [0.5, 0.6) is 0 Å². The summed E-state index contributed by atoms with van der Waals surface area (Å²) in [4.78, 5) is 58.2. The van der Waals surface area contributed by atoms with Gasteiger partial charge in [-0.05, 0) is 12.1 Å². The number of nitrogens with one attached hydrogen (secondary N) is 1. The van der Waals surface area contributed by atoms with Gasteiger partial charge in [-0.1, -0.05) is 6.07 Å². The van der Waals surface area contributed by atoms with Crippen LogP contribution in [-0.4, -0.2) is 149 Å². The minimum absolute atomic E-state index is 0.0672. The molecular formula is C23H37N7O7. The van der Waals surface area contributed by atoms with Gasteiger partial charge in [0.05, 0.1) is 25.3 Å². The van der Waals surface area contributed by atoms with Crippen molar-refractivity contribution in [1.29, 1.82) is 0 Å². The number of pyridine rings is 1. The van der Waals surface area contributed by atoms with Crippen LogP contribution in [0, 0.1) is 0 Å². The second-order valence-electron chi connectivity index (χ2n) is 8.85. The molecule has 1 aromatic rings. The Hall–Kier alpha value is -3.17. The standard InChI is InChI=1S/C23H37N7O7/c24-4-5-25-20(31)15-28-8-12-29(16-21(32)33)10-6-27(7-11-30(13-9-28)17-22(34)35)14-18-2-1-3-19(26-18)23(36)37/h1-3H,4-17,24H2,(H,25,31)(H,32,33)(H,34,35)(H,36,37). The maximum absolute atomic E-state index is 12.3. The minimum Gasteiger partial charge on any atom is -0.480 e. The van der Waals surface area contributed by atoms with E-state index in [9.17, 15) is 34.5 Å². The number of rotatable bonds is 11. The molecule has 0 bridgehead atoms. The number of carboxylic acid groups (broad SMARTS) is 3. The van der Waals surface area contributed by atoms with Gasteiger partial charge in [0.1, 0.15) is 5.69 Å². The molecule has 1 saturated heterocycles. The van der Waals surface area contributed by atoms with E-state index in [0.29, 0.717) is 77.7 Å². The molecule has 0 aromatic carbocycles. The fourth-order valence-electron chi connectivity index (χ4n) is 3.98. The highest BCUT2D eigenvalue weighted by Gasteiger charge is 2.20. The molecule has 0 unspecified atom stereocenters. The van der Waals surface area contributed by atoms with Crippen LogP contribution in [0.2, 0.25) is 0 Å². The van der Waals surface area contributed by atoms with Crippen molar-refractivity contribution in [2.24, 2.45) is 5.73 Å². The van der Waals surface area contributed by atoms with Gasteiger partial charge in [-0.2, -0.15) is 0 Å². The zero-order valence-corrected chi connectivity index (χ0v) is 20.9. The molecule has 0 aliphatic carbocycles. The fraction of sp³-hybridized carbons (Fsp3) is 0.609. The van der Waals surface area contributed by atoms with Crippen molar-refractivity contribution in [3.05, 3.63) is 29.6 Å². The van der Waals surface area contributed by atoms with Crippen LogP contribution in [0.3, 0.4) is 0 Å². The van der Waals surface area contributed by atoms with E-state index in [0.717, 1.165) is 0 Å². The third-order valence-electron chi connectivity index (χ3n) is 5.89. The van der Waals surface area contributed by atoms with Gasteiger partial charge in [-0.15, -0.1) is 0 Å². The van der Waals surface area contributed by atoms with E-state index in [1.807, 2.05) is 9.80 Å². The average molecular weight is 524 g/mol. The predicted octanol–water partition coefficient (Wildman–Crippen LogP) is -2.25.